The summed E-state index contributed by atoms with van der Waals surface area (Å²) in [6, 6.07) is 10.2. The number of esters is 1. The van der Waals surface area contributed by atoms with Crippen molar-refractivity contribution in [2.24, 2.45) is 5.92 Å². The van der Waals surface area contributed by atoms with Crippen molar-refractivity contribution in [1.82, 2.24) is 4.90 Å². The average Bonchev–Trinajstić information content (AvgIpc) is 2.93. The Morgan fingerprint density at radius 3 is 2.18 bits per heavy atom. The van der Waals surface area contributed by atoms with Gasteiger partial charge in [-0.3, -0.25) is 0 Å². The summed E-state index contributed by atoms with van der Waals surface area (Å²) < 4.78 is 33.5. The maximum Gasteiger partial charge on any atom is 0.332 e. The third kappa shape index (κ3) is 7.17. The fourth-order valence-corrected chi connectivity index (χ4v) is 5.86. The van der Waals surface area contributed by atoms with Gasteiger partial charge in [0.25, 0.3) is 0 Å². The van der Waals surface area contributed by atoms with E-state index in [1.54, 1.807) is 28.4 Å². The maximum atomic E-state index is 12.9. The number of methoxy groups -OCH3 is 5. The molecule has 0 saturated carbocycles. The summed E-state index contributed by atoms with van der Waals surface area (Å²) in [6.45, 7) is 5.94. The van der Waals surface area contributed by atoms with Crippen LogP contribution in [0.2, 0.25) is 0 Å². The number of rotatable bonds is 14. The van der Waals surface area contributed by atoms with Crippen molar-refractivity contribution in [1.29, 1.82) is 0 Å². The van der Waals surface area contributed by atoms with E-state index in [0.29, 0.717) is 12.2 Å². The quantitative estimate of drug-likeness (QED) is 0.312. The molecule has 0 N–H and O–H groups in total. The Morgan fingerprint density at radius 2 is 1.56 bits per heavy atom. The predicted molar refractivity (Wildman–Crippen MR) is 152 cm³/mol. The molecule has 216 valence electrons. The molecular weight excluding hydrogens is 498 g/mol. The number of hydrogen-bond donors (Lipinski definition) is 0. The summed E-state index contributed by atoms with van der Waals surface area (Å²) in [6.07, 6.45) is 3.09. The summed E-state index contributed by atoms with van der Waals surface area (Å²) in [5.74, 6) is 2.76. The lowest BCUT2D eigenvalue weighted by atomic mass is 9.65. The van der Waals surface area contributed by atoms with Crippen molar-refractivity contribution >= 4 is 5.97 Å². The number of carbonyl (C=O) groups is 1. The molecule has 3 rings (SSSR count). The Kier molecular flexibility index (Phi) is 10.9. The van der Waals surface area contributed by atoms with E-state index >= 15 is 0 Å². The fraction of sp³-hybridized carbons (Fsp3) is 0.581. The topological polar surface area (TPSA) is 75.7 Å². The van der Waals surface area contributed by atoms with Crippen LogP contribution in [0.15, 0.2) is 30.3 Å². The molecule has 0 radical (unpaired) electrons. The Hall–Kier alpha value is -2.97. The van der Waals surface area contributed by atoms with Gasteiger partial charge < -0.3 is 33.3 Å². The summed E-state index contributed by atoms with van der Waals surface area (Å²) >= 11 is 0. The normalized spacial score (nSPS) is 18.6. The van der Waals surface area contributed by atoms with Crippen LogP contribution >= 0.6 is 0 Å². The highest BCUT2D eigenvalue weighted by atomic mass is 16.6. The molecule has 2 aromatic rings. The molecule has 0 saturated heterocycles. The zero-order valence-corrected chi connectivity index (χ0v) is 24.8. The highest BCUT2D eigenvalue weighted by Crippen LogP contribution is 2.50. The molecule has 1 aliphatic carbocycles. The van der Waals surface area contributed by atoms with Gasteiger partial charge in [0.05, 0.1) is 28.4 Å². The van der Waals surface area contributed by atoms with E-state index in [1.165, 1.54) is 18.2 Å². The second-order valence-corrected chi connectivity index (χ2v) is 10.6. The molecule has 39 heavy (non-hydrogen) atoms. The molecule has 2 aromatic carbocycles. The third-order valence-electron chi connectivity index (χ3n) is 7.76. The van der Waals surface area contributed by atoms with Gasteiger partial charge in [-0.1, -0.05) is 19.9 Å². The van der Waals surface area contributed by atoms with E-state index in [-0.39, 0.29) is 24.4 Å². The van der Waals surface area contributed by atoms with Crippen molar-refractivity contribution in [3.8, 4) is 23.0 Å². The average molecular weight is 544 g/mol. The lowest BCUT2D eigenvalue weighted by Crippen LogP contribution is -2.49. The highest BCUT2D eigenvalue weighted by molar-refractivity contribution is 5.71. The molecular formula is C31H45NO7. The van der Waals surface area contributed by atoms with Gasteiger partial charge in [0.2, 0.25) is 0 Å². The Morgan fingerprint density at radius 1 is 0.923 bits per heavy atom. The number of likely N-dealkylation sites (N-methyl/N-ethyl adjacent to an activating group) is 1. The Labute approximate surface area is 233 Å². The van der Waals surface area contributed by atoms with E-state index in [4.69, 9.17) is 28.4 Å². The summed E-state index contributed by atoms with van der Waals surface area (Å²) in [5, 5.41) is 0. The van der Waals surface area contributed by atoms with Gasteiger partial charge in [0.1, 0.15) is 12.2 Å². The van der Waals surface area contributed by atoms with Crippen LogP contribution in [-0.4, -0.2) is 78.8 Å². The van der Waals surface area contributed by atoms with Crippen LogP contribution in [0.25, 0.3) is 0 Å². The Balaban J connectivity index is 1.84. The van der Waals surface area contributed by atoms with E-state index < -0.39 is 5.60 Å². The second-order valence-electron chi connectivity index (χ2n) is 10.6. The lowest BCUT2D eigenvalue weighted by Gasteiger charge is -2.47. The van der Waals surface area contributed by atoms with Gasteiger partial charge in [-0.05, 0) is 73.2 Å². The van der Waals surface area contributed by atoms with E-state index in [1.807, 2.05) is 12.1 Å². The van der Waals surface area contributed by atoms with Crippen LogP contribution in [0, 0.1) is 5.92 Å². The fourth-order valence-electron chi connectivity index (χ4n) is 5.86. The van der Waals surface area contributed by atoms with Crippen LogP contribution in [0.3, 0.4) is 0 Å². The molecule has 0 bridgehead atoms. The van der Waals surface area contributed by atoms with Gasteiger partial charge >= 0.3 is 5.97 Å². The number of carbonyl (C=O) groups excluding carboxylic acids is 1. The zero-order valence-electron chi connectivity index (χ0n) is 24.8. The molecule has 0 aliphatic heterocycles. The lowest BCUT2D eigenvalue weighted by molar-refractivity contribution is -0.172. The summed E-state index contributed by atoms with van der Waals surface area (Å²) in [5.41, 5.74) is 2.89. The monoisotopic (exact) mass is 543 g/mol. The van der Waals surface area contributed by atoms with Crippen molar-refractivity contribution in [3.63, 3.8) is 0 Å². The first-order valence-corrected chi connectivity index (χ1v) is 13.6. The molecule has 0 unspecified atom stereocenters. The zero-order chi connectivity index (χ0) is 28.6. The highest BCUT2D eigenvalue weighted by Gasteiger charge is 2.48. The minimum absolute atomic E-state index is 0.00103. The molecule has 8 nitrogen and oxygen atoms in total. The first-order valence-electron chi connectivity index (χ1n) is 13.6. The van der Waals surface area contributed by atoms with Gasteiger partial charge in [-0.25, -0.2) is 4.79 Å². The van der Waals surface area contributed by atoms with E-state index in [9.17, 15) is 4.79 Å². The number of aryl methyl sites for hydroxylation is 1. The summed E-state index contributed by atoms with van der Waals surface area (Å²) in [7, 11) is 10.2. The van der Waals surface area contributed by atoms with Crippen molar-refractivity contribution in [2.45, 2.75) is 51.0 Å². The number of fused-ring (bicyclic) bond motifs is 1. The van der Waals surface area contributed by atoms with Gasteiger partial charge in [-0.2, -0.15) is 0 Å². The van der Waals surface area contributed by atoms with Crippen LogP contribution in [0.4, 0.5) is 0 Å². The number of nitrogens with zero attached hydrogens (tertiary/aromatic N) is 1. The number of hydrogen-bond acceptors (Lipinski definition) is 8. The van der Waals surface area contributed by atoms with Crippen LogP contribution in [-0.2, 0) is 27.1 Å². The van der Waals surface area contributed by atoms with Gasteiger partial charge in [0.15, 0.2) is 23.0 Å². The second kappa shape index (κ2) is 13.9. The standard InChI is InChI=1S/C31H45NO7/c1-21(2)30-24-19-28(38-8)27(37-7)18-23(24)11-13-31(30,39-29(33)20-34-4)14-16-32(3)15-12-22-9-10-25(35-5)26(17-22)36-6/h9-10,17-19,21,30H,11-16,20H2,1-8H3/t30-,31-/m1/s1. The van der Waals surface area contributed by atoms with Crippen LogP contribution in [0.1, 0.15) is 49.3 Å². The van der Waals surface area contributed by atoms with Crippen molar-refractivity contribution in [3.05, 3.63) is 47.0 Å². The predicted octanol–water partition coefficient (Wildman–Crippen LogP) is 4.90. The number of benzene rings is 2. The van der Waals surface area contributed by atoms with Crippen LogP contribution in [0.5, 0.6) is 23.0 Å². The molecule has 1 aliphatic rings. The smallest absolute Gasteiger partial charge is 0.332 e. The molecule has 0 spiro atoms. The summed E-state index contributed by atoms with van der Waals surface area (Å²) in [4.78, 5) is 15.2. The first kappa shape index (κ1) is 30.6. The Bertz CT molecular complexity index is 1100. The first-order chi connectivity index (χ1) is 18.7. The third-order valence-corrected chi connectivity index (χ3v) is 7.76. The molecule has 2 atom stereocenters. The van der Waals surface area contributed by atoms with Crippen LogP contribution < -0.4 is 18.9 Å². The van der Waals surface area contributed by atoms with Gasteiger partial charge in [0, 0.05) is 32.5 Å². The molecule has 8 heteroatoms. The number of ether oxygens (including phenoxy) is 6. The minimum Gasteiger partial charge on any atom is -0.493 e. The molecule has 0 heterocycles. The molecule has 0 fully saturated rings. The molecule has 0 amide bonds. The molecule has 0 aromatic heterocycles. The SMILES string of the molecule is COCC(=O)O[C@@]1(CCN(C)CCc2ccc(OC)c(OC)c2)CCc2cc(OC)c(OC)cc2[C@H]1C(C)C. The maximum absolute atomic E-state index is 12.9. The van der Waals surface area contributed by atoms with Crippen molar-refractivity contribution in [2.75, 3.05) is 62.3 Å². The van der Waals surface area contributed by atoms with E-state index in [0.717, 1.165) is 55.2 Å². The minimum atomic E-state index is -0.659. The van der Waals surface area contributed by atoms with E-state index in [2.05, 4.69) is 44.0 Å². The largest absolute Gasteiger partial charge is 0.493 e. The van der Waals surface area contributed by atoms with Gasteiger partial charge in [-0.15, -0.1) is 0 Å². The van der Waals surface area contributed by atoms with Crippen molar-refractivity contribution < 1.29 is 33.2 Å².